The summed E-state index contributed by atoms with van der Waals surface area (Å²) in [4.78, 5) is 44.9. The largest absolute Gasteiger partial charge is 0.369 e. The Hall–Kier alpha value is -2.45. The molecule has 0 bridgehead atoms. The molecule has 0 aromatic heterocycles. The Kier molecular flexibility index (Phi) is 6.81. The van der Waals surface area contributed by atoms with Gasteiger partial charge in [-0.25, -0.2) is 0 Å². The topological polar surface area (TPSA) is 82.2 Å². The predicted octanol–water partition coefficient (Wildman–Crippen LogP) is 1.15. The van der Waals surface area contributed by atoms with Crippen LogP contribution in [0.25, 0.3) is 0 Å². The fraction of sp³-hybridized carbons (Fsp3) is 0.625. The maximum atomic E-state index is 13.4. The monoisotopic (exact) mass is 442 g/mol. The number of nitrogens with one attached hydrogen (secondary N) is 1. The van der Waals surface area contributed by atoms with Crippen molar-refractivity contribution in [2.24, 2.45) is 5.92 Å². The van der Waals surface area contributed by atoms with Gasteiger partial charge in [0.1, 0.15) is 18.7 Å². The van der Waals surface area contributed by atoms with Crippen molar-refractivity contribution in [1.29, 1.82) is 0 Å². The van der Waals surface area contributed by atoms with E-state index in [1.54, 1.807) is 4.90 Å². The van der Waals surface area contributed by atoms with Crippen LogP contribution in [0.4, 0.5) is 5.69 Å². The first-order valence-corrected chi connectivity index (χ1v) is 11.7. The van der Waals surface area contributed by atoms with Crippen LogP contribution >= 0.6 is 0 Å². The van der Waals surface area contributed by atoms with Crippen LogP contribution in [0.5, 0.6) is 0 Å². The lowest BCUT2D eigenvalue weighted by Crippen LogP contribution is -2.54. The minimum absolute atomic E-state index is 0.0467. The van der Waals surface area contributed by atoms with E-state index < -0.39 is 12.1 Å². The molecule has 8 nitrogen and oxygen atoms in total. The van der Waals surface area contributed by atoms with Crippen molar-refractivity contribution >= 4 is 23.3 Å². The molecule has 1 aromatic carbocycles. The number of rotatable bonds is 6. The van der Waals surface area contributed by atoms with E-state index in [-0.39, 0.29) is 36.2 Å². The Labute approximate surface area is 189 Å². The number of carbonyl (C=O) groups is 3. The minimum atomic E-state index is -0.669. The Bertz CT molecular complexity index is 850. The molecule has 8 heteroatoms. The van der Waals surface area contributed by atoms with Crippen LogP contribution in [0, 0.1) is 5.92 Å². The normalized spacial score (nSPS) is 25.5. The minimum Gasteiger partial charge on any atom is -0.369 e. The van der Waals surface area contributed by atoms with Gasteiger partial charge in [0.25, 0.3) is 5.91 Å². The molecule has 3 heterocycles. The summed E-state index contributed by atoms with van der Waals surface area (Å²) in [5.74, 6) is -0.548. The predicted molar refractivity (Wildman–Crippen MR) is 122 cm³/mol. The van der Waals surface area contributed by atoms with E-state index >= 15 is 0 Å². The van der Waals surface area contributed by atoms with Crippen molar-refractivity contribution in [2.45, 2.75) is 44.9 Å². The lowest BCUT2D eigenvalue weighted by Gasteiger charge is -2.34. The van der Waals surface area contributed by atoms with E-state index in [2.05, 4.69) is 22.2 Å². The summed E-state index contributed by atoms with van der Waals surface area (Å²) < 4.78 is 5.52. The smallest absolute Gasteiger partial charge is 0.251 e. The Morgan fingerprint density at radius 3 is 2.47 bits per heavy atom. The molecule has 2 unspecified atom stereocenters. The molecule has 3 saturated heterocycles. The summed E-state index contributed by atoms with van der Waals surface area (Å²) in [6.45, 7) is 8.49. The molecule has 4 atom stereocenters. The van der Waals surface area contributed by atoms with Gasteiger partial charge in [0.2, 0.25) is 5.91 Å². The number of likely N-dealkylation sites (N-methyl/N-ethyl adjacent to an activating group) is 1. The molecule has 1 N–H and O–H groups in total. The quantitative estimate of drug-likeness (QED) is 0.712. The fourth-order valence-electron chi connectivity index (χ4n) is 4.82. The Morgan fingerprint density at radius 1 is 1.12 bits per heavy atom. The third kappa shape index (κ3) is 4.52. The number of hydrogen-bond donors (Lipinski definition) is 1. The van der Waals surface area contributed by atoms with Crippen LogP contribution in [-0.2, 0) is 14.3 Å². The Balaban J connectivity index is 1.44. The second-order valence-corrected chi connectivity index (χ2v) is 9.25. The van der Waals surface area contributed by atoms with E-state index in [1.165, 1.54) is 0 Å². The van der Waals surface area contributed by atoms with Crippen molar-refractivity contribution in [1.82, 2.24) is 15.1 Å². The molecule has 174 valence electrons. The average molecular weight is 443 g/mol. The van der Waals surface area contributed by atoms with Crippen LogP contribution in [-0.4, -0.2) is 92.0 Å². The van der Waals surface area contributed by atoms with E-state index in [9.17, 15) is 14.4 Å². The second kappa shape index (κ2) is 9.58. The van der Waals surface area contributed by atoms with Crippen molar-refractivity contribution in [3.63, 3.8) is 0 Å². The number of hydrogen-bond acceptors (Lipinski definition) is 6. The van der Waals surface area contributed by atoms with Crippen molar-refractivity contribution in [2.75, 3.05) is 51.3 Å². The molecule has 3 aliphatic heterocycles. The highest BCUT2D eigenvalue weighted by atomic mass is 16.5. The number of nitrogens with zero attached hydrogens (tertiary/aromatic N) is 3. The van der Waals surface area contributed by atoms with Crippen molar-refractivity contribution in [3.05, 3.63) is 29.8 Å². The molecule has 1 aromatic rings. The first-order chi connectivity index (χ1) is 15.4. The van der Waals surface area contributed by atoms with Crippen molar-refractivity contribution in [3.8, 4) is 0 Å². The summed E-state index contributed by atoms with van der Waals surface area (Å²) in [5, 5.41) is 2.96. The maximum Gasteiger partial charge on any atom is 0.251 e. The lowest BCUT2D eigenvalue weighted by atomic mass is 9.96. The number of carbonyl (C=O) groups excluding carboxylic acids is 3. The van der Waals surface area contributed by atoms with E-state index in [4.69, 9.17) is 4.74 Å². The van der Waals surface area contributed by atoms with E-state index in [0.717, 1.165) is 38.3 Å². The van der Waals surface area contributed by atoms with Gasteiger partial charge in [-0.15, -0.1) is 0 Å². The summed E-state index contributed by atoms with van der Waals surface area (Å²) >= 11 is 0. The number of piperazine rings is 1. The van der Waals surface area contributed by atoms with Crippen LogP contribution in [0.2, 0.25) is 0 Å². The fourth-order valence-corrected chi connectivity index (χ4v) is 4.82. The molecule has 0 radical (unpaired) electrons. The molecule has 3 fully saturated rings. The summed E-state index contributed by atoms with van der Waals surface area (Å²) in [7, 11) is 2.12. The molecule has 4 rings (SSSR count). The first-order valence-electron chi connectivity index (χ1n) is 11.7. The molecule has 0 spiro atoms. The zero-order valence-electron chi connectivity index (χ0n) is 19.3. The highest BCUT2D eigenvalue weighted by molar-refractivity contribution is 5.99. The van der Waals surface area contributed by atoms with Gasteiger partial charge >= 0.3 is 0 Å². The maximum absolute atomic E-state index is 13.4. The molecular weight excluding hydrogens is 408 g/mol. The van der Waals surface area contributed by atoms with Gasteiger partial charge in [-0.1, -0.05) is 20.3 Å². The summed E-state index contributed by atoms with van der Waals surface area (Å²) in [6.07, 6.45) is 1.20. The van der Waals surface area contributed by atoms with E-state index in [0.29, 0.717) is 18.5 Å². The number of amides is 2. The second-order valence-electron chi connectivity index (χ2n) is 9.25. The van der Waals surface area contributed by atoms with E-state index in [1.807, 2.05) is 38.1 Å². The number of benzene rings is 1. The van der Waals surface area contributed by atoms with Crippen LogP contribution in [0.15, 0.2) is 24.3 Å². The van der Waals surface area contributed by atoms with Crippen LogP contribution in [0.1, 0.15) is 37.0 Å². The zero-order valence-corrected chi connectivity index (χ0v) is 19.3. The first kappa shape index (κ1) is 22.7. The summed E-state index contributed by atoms with van der Waals surface area (Å²) in [5.41, 5.74) is 1.63. The standard InChI is InChI=1S/C24H34N4O4/c1-4-16(2)21(24(31)28-10-9-20-22(28)19(29)15-32-20)25-23(30)17-5-7-18(8-6-17)27-13-11-26(3)12-14-27/h5-8,16,20-22H,4,9-15H2,1-3H3,(H,25,30)/t16?,20-,21?,22-/m1/s1. The van der Waals surface area contributed by atoms with Crippen LogP contribution < -0.4 is 10.2 Å². The zero-order chi connectivity index (χ0) is 22.8. The molecular formula is C24H34N4O4. The Morgan fingerprint density at radius 2 is 1.81 bits per heavy atom. The van der Waals surface area contributed by atoms with Crippen LogP contribution in [0.3, 0.4) is 0 Å². The molecule has 0 saturated carbocycles. The number of fused-ring (bicyclic) bond motifs is 1. The van der Waals surface area contributed by atoms with Crippen molar-refractivity contribution < 1.29 is 19.1 Å². The van der Waals surface area contributed by atoms with Gasteiger partial charge in [0.15, 0.2) is 5.78 Å². The third-order valence-corrected chi connectivity index (χ3v) is 7.16. The third-order valence-electron chi connectivity index (χ3n) is 7.16. The van der Waals surface area contributed by atoms with Gasteiger partial charge in [-0.05, 0) is 43.7 Å². The highest BCUT2D eigenvalue weighted by Gasteiger charge is 2.48. The lowest BCUT2D eigenvalue weighted by molar-refractivity contribution is -0.139. The van der Waals surface area contributed by atoms with Gasteiger partial charge in [0, 0.05) is 44.0 Å². The molecule has 2 amide bonds. The van der Waals surface area contributed by atoms with Gasteiger partial charge in [-0.3, -0.25) is 14.4 Å². The number of anilines is 1. The number of Topliss-reactive ketones (excluding diaryl/α,β-unsaturated/α-hetero) is 1. The van der Waals surface area contributed by atoms with Gasteiger partial charge < -0.3 is 24.8 Å². The average Bonchev–Trinajstić information content (AvgIpc) is 3.40. The molecule has 32 heavy (non-hydrogen) atoms. The number of likely N-dealkylation sites (tertiary alicyclic amines) is 1. The van der Waals surface area contributed by atoms with Gasteiger partial charge in [0.05, 0.1) is 6.10 Å². The molecule has 3 aliphatic rings. The molecule has 0 aliphatic carbocycles. The highest BCUT2D eigenvalue weighted by Crippen LogP contribution is 2.28. The number of ether oxygens (including phenoxy) is 1. The summed E-state index contributed by atoms with van der Waals surface area (Å²) in [6, 6.07) is 6.41. The van der Waals surface area contributed by atoms with Gasteiger partial charge in [-0.2, -0.15) is 0 Å². The SMILES string of the molecule is CCC(C)C(NC(=O)c1ccc(N2CCN(C)CC2)cc1)C(=O)N1CC[C@H]2OCC(=O)[C@H]21. The number of ketones is 1.